The molecule has 130 valence electrons. The maximum absolute atomic E-state index is 8.68. The van der Waals surface area contributed by atoms with Gasteiger partial charge < -0.3 is 0 Å². The molecule has 0 atom stereocenters. The van der Waals surface area contributed by atoms with Crippen LogP contribution in [0, 0.1) is 18.3 Å². The second kappa shape index (κ2) is 11.4. The largest absolute Gasteiger partial charge is 0.192 e. The first-order valence-electron chi connectivity index (χ1n) is 8.59. The molecule has 0 unspecified atom stereocenters. The molecular weight excluding hydrogens is 342 g/mol. The minimum Gasteiger partial charge on any atom is -0.192 e. The molecule has 2 heterocycles. The highest BCUT2D eigenvalue weighted by molar-refractivity contribution is 7.17. The fraction of sp³-hybridized carbons (Fsp3) is 0.227. The van der Waals surface area contributed by atoms with Crippen molar-refractivity contribution in [2.45, 2.75) is 34.6 Å². The molecule has 0 fully saturated rings. The Morgan fingerprint density at radius 1 is 0.720 bits per heavy atom. The van der Waals surface area contributed by atoms with Gasteiger partial charge in [-0.1, -0.05) is 64.1 Å². The lowest BCUT2D eigenvalue weighted by molar-refractivity contribution is 1.50. The molecule has 1 nitrogen and oxygen atoms in total. The molecule has 0 bridgehead atoms. The third-order valence-electron chi connectivity index (χ3n) is 3.28. The molecule has 0 N–H and O–H groups in total. The molecule has 0 aliphatic carbocycles. The molecule has 3 heteroatoms. The summed E-state index contributed by atoms with van der Waals surface area (Å²) in [6, 6.07) is 18.6. The minimum absolute atomic E-state index is 0.783. The number of fused-ring (bicyclic) bond motifs is 2. The zero-order valence-electron chi connectivity index (χ0n) is 15.5. The highest BCUT2D eigenvalue weighted by Crippen LogP contribution is 2.25. The molecule has 2 aromatic carbocycles. The van der Waals surface area contributed by atoms with Crippen LogP contribution in [0.2, 0.25) is 0 Å². The lowest BCUT2D eigenvalue weighted by Gasteiger charge is -1.86. The summed E-state index contributed by atoms with van der Waals surface area (Å²) in [5, 5.41) is 15.2. The molecule has 4 rings (SSSR count). The molecule has 0 aliphatic rings. The van der Waals surface area contributed by atoms with Gasteiger partial charge in [0.1, 0.15) is 6.07 Å². The van der Waals surface area contributed by atoms with Crippen molar-refractivity contribution in [1.29, 1.82) is 5.26 Å². The van der Waals surface area contributed by atoms with Crippen LogP contribution >= 0.6 is 22.7 Å². The van der Waals surface area contributed by atoms with E-state index in [-0.39, 0.29) is 0 Å². The smallest absolute Gasteiger partial charge is 0.101 e. The Hall–Kier alpha value is -2.15. The van der Waals surface area contributed by atoms with Gasteiger partial charge in [0.05, 0.1) is 5.56 Å². The summed E-state index contributed by atoms with van der Waals surface area (Å²) in [7, 11) is 0. The quantitative estimate of drug-likeness (QED) is 0.308. The molecular formula is C22H25NS2. The topological polar surface area (TPSA) is 23.8 Å². The predicted octanol–water partition coefficient (Wildman–Crippen LogP) is 8.04. The summed E-state index contributed by atoms with van der Waals surface area (Å²) in [6.07, 6.45) is 0. The maximum atomic E-state index is 8.68. The third kappa shape index (κ3) is 5.42. The molecule has 0 amide bonds. The zero-order valence-corrected chi connectivity index (χ0v) is 17.2. The van der Waals surface area contributed by atoms with Gasteiger partial charge in [-0.3, -0.25) is 0 Å². The summed E-state index contributed by atoms with van der Waals surface area (Å²) in [5.74, 6) is 0. The molecule has 0 spiro atoms. The normalized spacial score (nSPS) is 8.96. The van der Waals surface area contributed by atoms with Crippen molar-refractivity contribution in [2.75, 3.05) is 0 Å². The first-order chi connectivity index (χ1) is 12.3. The van der Waals surface area contributed by atoms with Crippen LogP contribution in [0.1, 0.15) is 38.8 Å². The van der Waals surface area contributed by atoms with Gasteiger partial charge in [0.2, 0.25) is 0 Å². The Labute approximate surface area is 159 Å². The third-order valence-corrected chi connectivity index (χ3v) is 5.32. The van der Waals surface area contributed by atoms with Crippen molar-refractivity contribution in [1.82, 2.24) is 0 Å². The van der Waals surface area contributed by atoms with Gasteiger partial charge in [0, 0.05) is 20.2 Å². The SMILES string of the molecule is CC.CC.Cc1csc2ccccc12.N#Cc1csc2ccccc12. The Balaban J connectivity index is 0.000000210. The average Bonchev–Trinajstić information content (AvgIpc) is 3.29. The van der Waals surface area contributed by atoms with Crippen LogP contribution in [0.4, 0.5) is 0 Å². The van der Waals surface area contributed by atoms with Crippen LogP contribution in [-0.4, -0.2) is 0 Å². The summed E-state index contributed by atoms with van der Waals surface area (Å²) in [4.78, 5) is 0. The molecule has 0 aliphatic heterocycles. The Morgan fingerprint density at radius 2 is 1.20 bits per heavy atom. The summed E-state index contributed by atoms with van der Waals surface area (Å²) >= 11 is 3.43. The van der Waals surface area contributed by atoms with Gasteiger partial charge in [0.15, 0.2) is 0 Å². The fourth-order valence-corrected chi connectivity index (χ4v) is 4.01. The molecule has 0 radical (unpaired) electrons. The first kappa shape index (κ1) is 20.9. The van der Waals surface area contributed by atoms with E-state index in [4.69, 9.17) is 5.26 Å². The van der Waals surface area contributed by atoms with Crippen LogP contribution in [0.5, 0.6) is 0 Å². The Bertz CT molecular complexity index is 926. The summed E-state index contributed by atoms with van der Waals surface area (Å²) < 4.78 is 2.57. The maximum Gasteiger partial charge on any atom is 0.101 e. The van der Waals surface area contributed by atoms with Crippen molar-refractivity contribution in [3.05, 3.63) is 70.4 Å². The van der Waals surface area contributed by atoms with Gasteiger partial charge in [-0.25, -0.2) is 0 Å². The molecule has 2 aromatic heterocycles. The lowest BCUT2D eigenvalue weighted by atomic mass is 10.2. The van der Waals surface area contributed by atoms with Crippen LogP contribution in [0.3, 0.4) is 0 Å². The monoisotopic (exact) mass is 367 g/mol. The molecule has 25 heavy (non-hydrogen) atoms. The predicted molar refractivity (Wildman–Crippen MR) is 116 cm³/mol. The average molecular weight is 368 g/mol. The molecule has 4 aromatic rings. The van der Waals surface area contributed by atoms with Crippen molar-refractivity contribution in [3.63, 3.8) is 0 Å². The molecule has 0 saturated heterocycles. The molecule has 0 saturated carbocycles. The number of benzene rings is 2. The minimum atomic E-state index is 0.783. The van der Waals surface area contributed by atoms with Crippen molar-refractivity contribution >= 4 is 42.8 Å². The number of aryl methyl sites for hydroxylation is 1. The van der Waals surface area contributed by atoms with E-state index in [1.165, 1.54) is 20.3 Å². The fourth-order valence-electron chi connectivity index (χ4n) is 2.17. The number of rotatable bonds is 0. The first-order valence-corrected chi connectivity index (χ1v) is 10.3. The number of nitrogens with zero attached hydrogens (tertiary/aromatic N) is 1. The van der Waals surface area contributed by atoms with E-state index in [2.05, 4.69) is 42.6 Å². The van der Waals surface area contributed by atoms with E-state index >= 15 is 0 Å². The highest BCUT2D eigenvalue weighted by Gasteiger charge is 1.99. The Kier molecular flexibility index (Phi) is 9.54. The van der Waals surface area contributed by atoms with Crippen LogP contribution in [-0.2, 0) is 0 Å². The second-order valence-electron chi connectivity index (χ2n) is 4.67. The van der Waals surface area contributed by atoms with E-state index in [9.17, 15) is 0 Å². The van der Waals surface area contributed by atoms with Gasteiger partial charge in [-0.2, -0.15) is 5.26 Å². The summed E-state index contributed by atoms with van der Waals surface area (Å²) in [5.41, 5.74) is 2.17. The van der Waals surface area contributed by atoms with E-state index < -0.39 is 0 Å². The number of hydrogen-bond acceptors (Lipinski definition) is 3. The van der Waals surface area contributed by atoms with E-state index in [0.717, 1.165) is 10.9 Å². The van der Waals surface area contributed by atoms with Crippen LogP contribution in [0.25, 0.3) is 20.2 Å². The number of hydrogen-bond donors (Lipinski definition) is 0. The second-order valence-corrected chi connectivity index (χ2v) is 6.49. The lowest BCUT2D eigenvalue weighted by Crippen LogP contribution is -1.66. The van der Waals surface area contributed by atoms with Crippen molar-refractivity contribution < 1.29 is 0 Å². The summed E-state index contributed by atoms with van der Waals surface area (Å²) in [6.45, 7) is 10.2. The van der Waals surface area contributed by atoms with Gasteiger partial charge in [-0.05, 0) is 35.4 Å². The van der Waals surface area contributed by atoms with Gasteiger partial charge in [0.25, 0.3) is 0 Å². The van der Waals surface area contributed by atoms with Crippen molar-refractivity contribution in [2.24, 2.45) is 0 Å². The van der Waals surface area contributed by atoms with E-state index in [1.54, 1.807) is 11.3 Å². The highest BCUT2D eigenvalue weighted by atomic mass is 32.1. The number of nitriles is 1. The van der Waals surface area contributed by atoms with Crippen molar-refractivity contribution in [3.8, 4) is 6.07 Å². The van der Waals surface area contributed by atoms with Crippen LogP contribution < -0.4 is 0 Å². The zero-order chi connectivity index (χ0) is 18.7. The van der Waals surface area contributed by atoms with Gasteiger partial charge in [-0.15, -0.1) is 22.7 Å². The van der Waals surface area contributed by atoms with E-state index in [1.807, 2.05) is 68.7 Å². The number of thiophene rings is 2. The Morgan fingerprint density at radius 3 is 1.76 bits per heavy atom. The standard InChI is InChI=1S/C9H5NS.C9H8S.2C2H6/c10-5-7-6-11-9-4-2-1-3-8(7)9;1-7-6-10-9-5-3-2-4-8(7)9;2*1-2/h1-4,6H;2-6H,1H3;2*1-2H3. The van der Waals surface area contributed by atoms with E-state index in [0.29, 0.717) is 0 Å². The van der Waals surface area contributed by atoms with Gasteiger partial charge >= 0.3 is 0 Å². The van der Waals surface area contributed by atoms with Crippen LogP contribution in [0.15, 0.2) is 59.3 Å².